The highest BCUT2D eigenvalue weighted by molar-refractivity contribution is 5.92. The molecular weight excluding hydrogens is 416 g/mol. The van der Waals surface area contributed by atoms with Gasteiger partial charge in [-0.1, -0.05) is 0 Å². The SMILES string of the molecule is Nc1ccc(-c2ccc(F)cc2F)nc1NC(=O)N1CC(C(F)c2ncc(F)cn2)C1. The fourth-order valence-electron chi connectivity index (χ4n) is 3.14. The van der Waals surface area contributed by atoms with Crippen molar-refractivity contribution in [3.8, 4) is 11.3 Å². The molecule has 1 unspecified atom stereocenters. The summed E-state index contributed by atoms with van der Waals surface area (Å²) in [6.45, 7) is 0.167. The third-order valence-corrected chi connectivity index (χ3v) is 4.86. The molecule has 2 amide bonds. The molecule has 3 heterocycles. The van der Waals surface area contributed by atoms with Gasteiger partial charge in [0.25, 0.3) is 0 Å². The number of hydrogen-bond acceptors (Lipinski definition) is 5. The van der Waals surface area contributed by atoms with Crippen LogP contribution < -0.4 is 11.1 Å². The van der Waals surface area contributed by atoms with E-state index in [0.717, 1.165) is 24.5 Å². The Morgan fingerprint density at radius 2 is 1.81 bits per heavy atom. The molecule has 1 aromatic carbocycles. The molecule has 0 bridgehead atoms. The number of alkyl halides is 1. The van der Waals surface area contributed by atoms with Crippen molar-refractivity contribution in [2.24, 2.45) is 5.92 Å². The second-order valence-electron chi connectivity index (χ2n) is 7.01. The molecule has 7 nitrogen and oxygen atoms in total. The van der Waals surface area contributed by atoms with Crippen molar-refractivity contribution in [1.82, 2.24) is 19.9 Å². The molecule has 0 radical (unpaired) electrons. The Hall–Kier alpha value is -3.76. The van der Waals surface area contributed by atoms with Gasteiger partial charge in [0.2, 0.25) is 0 Å². The van der Waals surface area contributed by atoms with Crippen LogP contribution in [0.2, 0.25) is 0 Å². The lowest BCUT2D eigenvalue weighted by Gasteiger charge is -2.40. The van der Waals surface area contributed by atoms with Crippen molar-refractivity contribution in [1.29, 1.82) is 0 Å². The van der Waals surface area contributed by atoms with E-state index in [1.54, 1.807) is 0 Å². The Bertz CT molecular complexity index is 1120. The van der Waals surface area contributed by atoms with Crippen molar-refractivity contribution >= 4 is 17.5 Å². The first-order valence-electron chi connectivity index (χ1n) is 9.21. The minimum Gasteiger partial charge on any atom is -0.396 e. The Morgan fingerprint density at radius 1 is 1.10 bits per heavy atom. The number of nitrogen functional groups attached to an aromatic ring is 1. The number of aromatic nitrogens is 3. The van der Waals surface area contributed by atoms with E-state index < -0.39 is 35.6 Å². The number of benzene rings is 1. The van der Waals surface area contributed by atoms with Gasteiger partial charge in [-0.3, -0.25) is 5.32 Å². The first kappa shape index (κ1) is 20.5. The van der Waals surface area contributed by atoms with Crippen LogP contribution in [0.4, 0.5) is 33.9 Å². The summed E-state index contributed by atoms with van der Waals surface area (Å²) in [5, 5.41) is 2.51. The number of likely N-dealkylation sites (tertiary alicyclic amines) is 1. The van der Waals surface area contributed by atoms with Crippen molar-refractivity contribution in [2.45, 2.75) is 6.17 Å². The number of hydrogen-bond donors (Lipinski definition) is 2. The molecule has 1 atom stereocenters. The number of nitrogens with one attached hydrogen (secondary N) is 1. The summed E-state index contributed by atoms with van der Waals surface area (Å²) >= 11 is 0. The maximum Gasteiger partial charge on any atom is 0.323 e. The molecule has 2 aromatic heterocycles. The monoisotopic (exact) mass is 432 g/mol. The molecule has 0 spiro atoms. The number of halogens is 4. The molecule has 1 aliphatic rings. The first-order chi connectivity index (χ1) is 14.8. The lowest BCUT2D eigenvalue weighted by molar-refractivity contribution is 0.0652. The number of carbonyl (C=O) groups is 1. The lowest BCUT2D eigenvalue weighted by Crippen LogP contribution is -2.53. The highest BCUT2D eigenvalue weighted by Crippen LogP contribution is 2.32. The van der Waals surface area contributed by atoms with Gasteiger partial charge in [-0.15, -0.1) is 0 Å². The second-order valence-corrected chi connectivity index (χ2v) is 7.01. The van der Waals surface area contributed by atoms with Crippen molar-refractivity contribution < 1.29 is 22.4 Å². The van der Waals surface area contributed by atoms with E-state index in [-0.39, 0.29) is 41.7 Å². The summed E-state index contributed by atoms with van der Waals surface area (Å²) in [7, 11) is 0. The van der Waals surface area contributed by atoms with Gasteiger partial charge in [0.15, 0.2) is 23.6 Å². The van der Waals surface area contributed by atoms with Crippen molar-refractivity contribution in [3.05, 3.63) is 66.0 Å². The van der Waals surface area contributed by atoms with Crippen LogP contribution >= 0.6 is 0 Å². The van der Waals surface area contributed by atoms with E-state index in [1.807, 2.05) is 0 Å². The van der Waals surface area contributed by atoms with Crippen LogP contribution in [0.1, 0.15) is 12.0 Å². The third-order valence-electron chi connectivity index (χ3n) is 4.86. The summed E-state index contributed by atoms with van der Waals surface area (Å²) in [4.78, 5) is 25.2. The quantitative estimate of drug-likeness (QED) is 0.613. The number of rotatable bonds is 4. The van der Waals surface area contributed by atoms with Gasteiger partial charge in [0.1, 0.15) is 11.6 Å². The predicted octanol–water partition coefficient (Wildman–Crippen LogP) is 3.71. The number of anilines is 2. The van der Waals surface area contributed by atoms with E-state index in [4.69, 9.17) is 5.73 Å². The molecular formula is C20H16F4N6O. The van der Waals surface area contributed by atoms with Gasteiger partial charge < -0.3 is 10.6 Å². The first-order valence-corrected chi connectivity index (χ1v) is 9.21. The van der Waals surface area contributed by atoms with Crippen molar-refractivity contribution in [2.75, 3.05) is 24.1 Å². The Labute approximate surface area is 173 Å². The van der Waals surface area contributed by atoms with Crippen molar-refractivity contribution in [3.63, 3.8) is 0 Å². The van der Waals surface area contributed by atoms with Crippen LogP contribution in [-0.4, -0.2) is 39.0 Å². The molecule has 1 aliphatic heterocycles. The van der Waals surface area contributed by atoms with Gasteiger partial charge in [-0.05, 0) is 24.3 Å². The number of nitrogens with zero attached hydrogens (tertiary/aromatic N) is 4. The zero-order chi connectivity index (χ0) is 22.1. The number of nitrogens with two attached hydrogens (primary N) is 1. The molecule has 3 aromatic rings. The molecule has 0 aliphatic carbocycles. The largest absolute Gasteiger partial charge is 0.396 e. The minimum absolute atomic E-state index is 0.00617. The minimum atomic E-state index is -1.54. The van der Waals surface area contributed by atoms with Gasteiger partial charge in [0.05, 0.1) is 23.8 Å². The maximum atomic E-state index is 14.4. The van der Waals surface area contributed by atoms with Crippen LogP contribution in [-0.2, 0) is 0 Å². The molecule has 0 saturated carbocycles. The van der Waals surface area contributed by atoms with Gasteiger partial charge in [0, 0.05) is 30.6 Å². The van der Waals surface area contributed by atoms with E-state index >= 15 is 0 Å². The molecule has 1 fully saturated rings. The molecule has 31 heavy (non-hydrogen) atoms. The van der Waals surface area contributed by atoms with Gasteiger partial charge >= 0.3 is 6.03 Å². The Balaban J connectivity index is 1.42. The van der Waals surface area contributed by atoms with E-state index in [9.17, 15) is 22.4 Å². The van der Waals surface area contributed by atoms with Crippen LogP contribution in [0.3, 0.4) is 0 Å². The maximum absolute atomic E-state index is 14.4. The molecule has 4 rings (SSSR count). The molecule has 3 N–H and O–H groups in total. The zero-order valence-electron chi connectivity index (χ0n) is 15.9. The summed E-state index contributed by atoms with van der Waals surface area (Å²) < 4.78 is 54.5. The average Bonchev–Trinajstić information content (AvgIpc) is 2.69. The van der Waals surface area contributed by atoms with Crippen LogP contribution in [0.5, 0.6) is 0 Å². The number of pyridine rings is 1. The smallest absolute Gasteiger partial charge is 0.323 e. The highest BCUT2D eigenvalue weighted by atomic mass is 19.1. The van der Waals surface area contributed by atoms with Gasteiger partial charge in [-0.25, -0.2) is 37.3 Å². The number of carbonyl (C=O) groups excluding carboxylic acids is 1. The normalized spacial score (nSPS) is 14.8. The molecule has 1 saturated heterocycles. The highest BCUT2D eigenvalue weighted by Gasteiger charge is 2.38. The average molecular weight is 432 g/mol. The Morgan fingerprint density at radius 3 is 2.48 bits per heavy atom. The predicted molar refractivity (Wildman–Crippen MR) is 104 cm³/mol. The van der Waals surface area contributed by atoms with Gasteiger partial charge in [-0.2, -0.15) is 0 Å². The van der Waals surface area contributed by atoms with Crippen LogP contribution in [0.15, 0.2) is 42.7 Å². The fraction of sp³-hybridized carbons (Fsp3) is 0.200. The standard InChI is InChI=1S/C20H16F4N6O/c21-11-1-2-13(14(23)5-11)16-4-3-15(25)18(28-16)29-20(31)30-8-10(9-30)17(24)19-26-6-12(22)7-27-19/h1-7,10,17H,8-9,25H2,(H,28,29,31). The van der Waals surface area contributed by atoms with E-state index in [2.05, 4.69) is 20.3 Å². The fourth-order valence-corrected chi connectivity index (χ4v) is 3.14. The summed E-state index contributed by atoms with van der Waals surface area (Å²) in [6.07, 6.45) is 0.213. The van der Waals surface area contributed by atoms with E-state index in [1.165, 1.54) is 23.1 Å². The lowest BCUT2D eigenvalue weighted by atomic mass is 9.94. The topological polar surface area (TPSA) is 97.0 Å². The van der Waals surface area contributed by atoms with E-state index in [0.29, 0.717) is 0 Å². The molecule has 11 heteroatoms. The van der Waals surface area contributed by atoms with Crippen LogP contribution in [0, 0.1) is 23.4 Å². The summed E-state index contributed by atoms with van der Waals surface area (Å²) in [6, 6.07) is 5.35. The second kappa shape index (κ2) is 8.17. The zero-order valence-corrected chi connectivity index (χ0v) is 15.9. The number of urea groups is 1. The summed E-state index contributed by atoms with van der Waals surface area (Å²) in [5.41, 5.74) is 6.18. The Kier molecular flexibility index (Phi) is 5.40. The van der Waals surface area contributed by atoms with Crippen LogP contribution in [0.25, 0.3) is 11.3 Å². The number of amides is 2. The summed E-state index contributed by atoms with van der Waals surface area (Å²) in [5.74, 6) is -2.90. The third kappa shape index (κ3) is 4.25. The molecule has 160 valence electrons.